The summed E-state index contributed by atoms with van der Waals surface area (Å²) in [7, 11) is 0. The second-order valence-corrected chi connectivity index (χ2v) is 18.0. The Morgan fingerprint density at radius 1 is 0.862 bits per heavy atom. The summed E-state index contributed by atoms with van der Waals surface area (Å²) in [6.07, 6.45) is 7.52. The number of carbonyl (C=O) groups excluding carboxylic acids is 2. The van der Waals surface area contributed by atoms with Crippen molar-refractivity contribution in [2.24, 2.45) is 11.3 Å². The third-order valence-electron chi connectivity index (χ3n) is 12.9. The highest BCUT2D eigenvalue weighted by molar-refractivity contribution is 6.07. The minimum absolute atomic E-state index is 0.115. The molecule has 1 spiro atoms. The smallest absolute Gasteiger partial charge is 0.411 e. The van der Waals surface area contributed by atoms with Crippen LogP contribution in [-0.4, -0.2) is 60.1 Å². The predicted octanol–water partition coefficient (Wildman–Crippen LogP) is 10.8. The number of hydrogen-bond acceptors (Lipinski definition) is 7. The van der Waals surface area contributed by atoms with Gasteiger partial charge in [0.1, 0.15) is 35.0 Å². The lowest BCUT2D eigenvalue weighted by molar-refractivity contribution is 0.00622. The van der Waals surface area contributed by atoms with Crippen LogP contribution in [0.4, 0.5) is 9.59 Å². The van der Waals surface area contributed by atoms with E-state index in [1.807, 2.05) is 73.2 Å². The first kappa shape index (κ1) is 35.1. The highest BCUT2D eigenvalue weighted by atomic mass is 16.6. The molecule has 2 saturated carbocycles. The maximum Gasteiger partial charge on any atom is 0.411 e. The zero-order valence-electron chi connectivity index (χ0n) is 33.0. The van der Waals surface area contributed by atoms with E-state index in [1.54, 1.807) is 0 Å². The van der Waals surface area contributed by atoms with E-state index in [4.69, 9.17) is 23.9 Å². The molecule has 11 nitrogen and oxygen atoms in total. The molecule has 4 fully saturated rings. The lowest BCUT2D eigenvalue weighted by Gasteiger charge is -2.35. The van der Waals surface area contributed by atoms with Gasteiger partial charge >= 0.3 is 12.2 Å². The van der Waals surface area contributed by atoms with Gasteiger partial charge < -0.3 is 23.9 Å². The van der Waals surface area contributed by atoms with Gasteiger partial charge in [-0.25, -0.2) is 19.6 Å². The number of H-pyrrole nitrogens is 2. The molecule has 2 amide bonds. The average Bonchev–Trinajstić information content (AvgIpc) is 3.90. The molecule has 2 aliphatic carbocycles. The van der Waals surface area contributed by atoms with E-state index in [2.05, 4.69) is 58.5 Å². The summed E-state index contributed by atoms with van der Waals surface area (Å²) in [4.78, 5) is 47.4. The second kappa shape index (κ2) is 13.0. The molecule has 4 aliphatic rings. The number of likely N-dealkylation sites (tertiary alicyclic amines) is 2. The Kier molecular flexibility index (Phi) is 7.84. The number of furan rings is 1. The quantitative estimate of drug-likeness (QED) is 0.172. The molecule has 11 rings (SSSR count). The molecule has 11 heteroatoms. The van der Waals surface area contributed by atoms with Crippen molar-refractivity contribution in [3.63, 3.8) is 0 Å². The van der Waals surface area contributed by atoms with Crippen molar-refractivity contribution in [3.05, 3.63) is 108 Å². The summed E-state index contributed by atoms with van der Waals surface area (Å²) < 4.78 is 18.1. The molecule has 294 valence electrons. The number of carbonyl (C=O) groups is 2. The molecule has 2 aliphatic heterocycles. The van der Waals surface area contributed by atoms with Gasteiger partial charge in [0.25, 0.3) is 0 Å². The standard InChI is InChI=1S/C47H46N6O5/c1-46(2,3)58-45(55)53-32-13-9-31(19-32)41(53)43-49-35-16-12-28(20-36(35)50-43)29-10-14-33-34-15-11-30(22-40(34)57-39(33)21-29)37-24-48-42(51-37)38-23-47(17-18-47)26-52(38)44(54)56-25-27-7-5-4-6-8-27/h4-8,10-12,14-16,20-22,24,31-32,38,41H,9,13,17-19,23,25-26H2,1-3H3,(H,48,51)(H,49,50)/t31-,32+,38+,41+/m0/s1. The Morgan fingerprint density at radius 2 is 1.60 bits per heavy atom. The number of nitrogens with zero attached hydrogens (tertiary/aromatic N) is 4. The van der Waals surface area contributed by atoms with Crippen LogP contribution in [0.2, 0.25) is 0 Å². The van der Waals surface area contributed by atoms with E-state index in [0.717, 1.165) is 111 Å². The van der Waals surface area contributed by atoms with Crippen molar-refractivity contribution in [2.75, 3.05) is 6.54 Å². The first-order valence-electron chi connectivity index (χ1n) is 20.6. The Balaban J connectivity index is 0.837. The van der Waals surface area contributed by atoms with Crippen molar-refractivity contribution in [1.29, 1.82) is 0 Å². The SMILES string of the molecule is CC(C)(C)OC(=O)N1[C@@H]2CC[C@@H](C2)[C@@H]1c1nc2ccc(-c3ccc4c(c3)oc3cc(-c5cnc([C@H]6CC7(CC7)CN6C(=O)OCc6ccccc6)[nH]5)ccc34)cc2[nH]1. The summed E-state index contributed by atoms with van der Waals surface area (Å²) >= 11 is 0. The van der Waals surface area contributed by atoms with E-state index in [0.29, 0.717) is 12.5 Å². The van der Waals surface area contributed by atoms with Crippen LogP contribution >= 0.6 is 0 Å². The number of aromatic nitrogens is 4. The molecule has 58 heavy (non-hydrogen) atoms. The van der Waals surface area contributed by atoms with Gasteiger partial charge in [-0.1, -0.05) is 48.5 Å². The van der Waals surface area contributed by atoms with Crippen LogP contribution in [0.15, 0.2) is 95.5 Å². The van der Waals surface area contributed by atoms with E-state index >= 15 is 0 Å². The van der Waals surface area contributed by atoms with Crippen molar-refractivity contribution < 1.29 is 23.5 Å². The first-order valence-corrected chi connectivity index (χ1v) is 20.6. The molecular weight excluding hydrogens is 729 g/mol. The molecule has 0 unspecified atom stereocenters. The highest BCUT2D eigenvalue weighted by Gasteiger charge is 2.55. The molecule has 3 aromatic heterocycles. The molecule has 7 aromatic rings. The van der Waals surface area contributed by atoms with Crippen molar-refractivity contribution >= 4 is 45.2 Å². The van der Waals surface area contributed by atoms with E-state index < -0.39 is 5.60 Å². The number of nitrogens with one attached hydrogen (secondary N) is 2. The van der Waals surface area contributed by atoms with Crippen LogP contribution < -0.4 is 0 Å². The second-order valence-electron chi connectivity index (χ2n) is 18.0. The van der Waals surface area contributed by atoms with Crippen LogP contribution in [0.5, 0.6) is 0 Å². The zero-order valence-corrected chi connectivity index (χ0v) is 33.0. The van der Waals surface area contributed by atoms with Gasteiger partial charge in [0, 0.05) is 28.9 Å². The van der Waals surface area contributed by atoms with E-state index in [1.165, 1.54) is 0 Å². The number of piperidine rings is 1. The summed E-state index contributed by atoms with van der Waals surface area (Å²) in [6, 6.07) is 28.6. The average molecular weight is 775 g/mol. The minimum atomic E-state index is -0.556. The summed E-state index contributed by atoms with van der Waals surface area (Å²) in [5.74, 6) is 1.98. The third kappa shape index (κ3) is 6.10. The maximum absolute atomic E-state index is 13.4. The molecule has 5 heterocycles. The van der Waals surface area contributed by atoms with E-state index in [-0.39, 0.29) is 42.3 Å². The van der Waals surface area contributed by atoms with Crippen molar-refractivity contribution in [3.8, 4) is 22.4 Å². The lowest BCUT2D eigenvalue weighted by Crippen LogP contribution is -2.43. The number of fused-ring (bicyclic) bond motifs is 6. The number of hydrogen-bond donors (Lipinski definition) is 2. The number of ether oxygens (including phenoxy) is 2. The number of rotatable bonds is 6. The van der Waals surface area contributed by atoms with Gasteiger partial charge in [0.05, 0.1) is 35.0 Å². The monoisotopic (exact) mass is 774 g/mol. The van der Waals surface area contributed by atoms with Gasteiger partial charge in [-0.2, -0.15) is 0 Å². The largest absolute Gasteiger partial charge is 0.456 e. The van der Waals surface area contributed by atoms with Crippen LogP contribution in [-0.2, 0) is 16.1 Å². The summed E-state index contributed by atoms with van der Waals surface area (Å²) in [5.41, 5.74) is 7.91. The Bertz CT molecular complexity index is 2740. The fourth-order valence-corrected chi connectivity index (χ4v) is 9.88. The van der Waals surface area contributed by atoms with Crippen molar-refractivity contribution in [2.45, 2.75) is 89.6 Å². The van der Waals surface area contributed by atoms with Gasteiger partial charge in [0.2, 0.25) is 0 Å². The molecule has 2 N–H and O–H groups in total. The van der Waals surface area contributed by atoms with Crippen LogP contribution in [0.1, 0.15) is 88.6 Å². The number of amides is 2. The van der Waals surface area contributed by atoms with Gasteiger partial charge in [-0.3, -0.25) is 9.80 Å². The molecule has 2 saturated heterocycles. The van der Waals surface area contributed by atoms with Crippen LogP contribution in [0.25, 0.3) is 55.4 Å². The Labute approximate surface area is 335 Å². The first-order chi connectivity index (χ1) is 28.1. The van der Waals surface area contributed by atoms with Gasteiger partial charge in [-0.05, 0) is 124 Å². The summed E-state index contributed by atoms with van der Waals surface area (Å²) in [6.45, 7) is 6.68. The van der Waals surface area contributed by atoms with Crippen LogP contribution in [0.3, 0.4) is 0 Å². The lowest BCUT2D eigenvalue weighted by atomic mass is 9.98. The fraction of sp³-hybridized carbons (Fsp3) is 0.362. The van der Waals surface area contributed by atoms with Crippen LogP contribution in [0, 0.1) is 11.3 Å². The highest BCUT2D eigenvalue weighted by Crippen LogP contribution is 2.58. The van der Waals surface area contributed by atoms with Gasteiger partial charge in [-0.15, -0.1) is 0 Å². The number of aromatic amines is 2. The molecule has 4 aromatic carbocycles. The summed E-state index contributed by atoms with van der Waals surface area (Å²) in [5, 5.41) is 2.09. The Morgan fingerprint density at radius 3 is 2.38 bits per heavy atom. The molecule has 4 atom stereocenters. The number of benzene rings is 4. The topological polar surface area (TPSA) is 130 Å². The van der Waals surface area contributed by atoms with Gasteiger partial charge in [0.15, 0.2) is 0 Å². The minimum Gasteiger partial charge on any atom is -0.456 e. The third-order valence-corrected chi connectivity index (χ3v) is 12.9. The normalized spacial score (nSPS) is 22.2. The Hall–Kier alpha value is -6.10. The predicted molar refractivity (Wildman–Crippen MR) is 221 cm³/mol. The van der Waals surface area contributed by atoms with Crippen molar-refractivity contribution in [1.82, 2.24) is 29.7 Å². The maximum atomic E-state index is 13.4. The van der Waals surface area contributed by atoms with E-state index in [9.17, 15) is 9.59 Å². The zero-order chi connectivity index (χ0) is 39.3. The molecular formula is C47H46N6O5. The number of imidazole rings is 2. The molecule has 2 bridgehead atoms. The fourth-order valence-electron chi connectivity index (χ4n) is 9.88. The molecule has 0 radical (unpaired) electrons.